The molecule has 0 spiro atoms. The molecule has 19 heavy (non-hydrogen) atoms. The first kappa shape index (κ1) is 13.5. The van der Waals surface area contributed by atoms with Crippen molar-refractivity contribution in [2.24, 2.45) is 5.73 Å². The van der Waals surface area contributed by atoms with Gasteiger partial charge in [0.25, 0.3) is 5.69 Å². The van der Waals surface area contributed by atoms with Crippen molar-refractivity contribution in [3.8, 4) is 0 Å². The highest BCUT2D eigenvalue weighted by molar-refractivity contribution is 7.99. The summed E-state index contributed by atoms with van der Waals surface area (Å²) >= 11 is 1.33. The normalized spacial score (nSPS) is 10.4. The number of non-ortho nitro benzene ring substituents is 1. The molecule has 0 aliphatic heterocycles. The van der Waals surface area contributed by atoms with Crippen molar-refractivity contribution in [3.05, 3.63) is 64.0 Å². The Balaban J connectivity index is 2.26. The minimum atomic E-state index is -0.456. The molecular weight excluding hydrogens is 267 g/mol. The predicted molar refractivity (Wildman–Crippen MR) is 71.5 cm³/mol. The fourth-order valence-electron chi connectivity index (χ4n) is 1.60. The van der Waals surface area contributed by atoms with Crippen molar-refractivity contribution >= 4 is 17.4 Å². The van der Waals surface area contributed by atoms with Crippen LogP contribution in [0.5, 0.6) is 0 Å². The molecule has 0 saturated heterocycles. The van der Waals surface area contributed by atoms with Crippen LogP contribution in [0, 0.1) is 15.9 Å². The van der Waals surface area contributed by atoms with Crippen LogP contribution in [0.2, 0.25) is 0 Å². The molecule has 2 N–H and O–H groups in total. The quantitative estimate of drug-likeness (QED) is 0.688. The van der Waals surface area contributed by atoms with Crippen LogP contribution in [-0.4, -0.2) is 4.92 Å². The van der Waals surface area contributed by atoms with E-state index in [1.54, 1.807) is 24.3 Å². The summed E-state index contributed by atoms with van der Waals surface area (Å²) in [6, 6.07) is 10.9. The lowest BCUT2D eigenvalue weighted by molar-refractivity contribution is -0.384. The van der Waals surface area contributed by atoms with Gasteiger partial charge < -0.3 is 5.73 Å². The van der Waals surface area contributed by atoms with E-state index in [0.717, 1.165) is 9.79 Å². The van der Waals surface area contributed by atoms with Gasteiger partial charge in [0.2, 0.25) is 0 Å². The highest BCUT2D eigenvalue weighted by atomic mass is 32.2. The second kappa shape index (κ2) is 5.81. The van der Waals surface area contributed by atoms with Crippen molar-refractivity contribution in [3.63, 3.8) is 0 Å². The van der Waals surface area contributed by atoms with Gasteiger partial charge in [-0.15, -0.1) is 0 Å². The largest absolute Gasteiger partial charge is 0.326 e. The zero-order valence-electron chi connectivity index (χ0n) is 9.88. The Bertz CT molecular complexity index is 602. The van der Waals surface area contributed by atoms with Gasteiger partial charge in [-0.2, -0.15) is 0 Å². The molecule has 0 aliphatic carbocycles. The van der Waals surface area contributed by atoms with Gasteiger partial charge >= 0.3 is 0 Å². The molecule has 0 aromatic heterocycles. The molecule has 2 rings (SSSR count). The topological polar surface area (TPSA) is 69.2 Å². The van der Waals surface area contributed by atoms with Crippen LogP contribution in [0.25, 0.3) is 0 Å². The number of hydrogen-bond donors (Lipinski definition) is 1. The molecule has 0 atom stereocenters. The highest BCUT2D eigenvalue weighted by Crippen LogP contribution is 2.32. The Kier molecular flexibility index (Phi) is 4.13. The van der Waals surface area contributed by atoms with Crippen LogP contribution >= 0.6 is 11.8 Å². The zero-order chi connectivity index (χ0) is 13.8. The summed E-state index contributed by atoms with van der Waals surface area (Å²) in [5.41, 5.74) is 6.01. The molecule has 0 heterocycles. The standard InChI is InChI=1S/C13H11FN2O2S/c14-12-2-1-3-13(11(12)8-15)19-10-6-4-9(5-7-10)16(17)18/h1-7H,8,15H2. The van der Waals surface area contributed by atoms with Gasteiger partial charge in [-0.1, -0.05) is 17.8 Å². The van der Waals surface area contributed by atoms with E-state index in [9.17, 15) is 14.5 Å². The first-order chi connectivity index (χ1) is 9.11. The Morgan fingerprint density at radius 1 is 1.21 bits per heavy atom. The molecule has 0 saturated carbocycles. The maximum absolute atomic E-state index is 13.5. The average molecular weight is 278 g/mol. The summed E-state index contributed by atoms with van der Waals surface area (Å²) in [4.78, 5) is 11.6. The fourth-order valence-corrected chi connectivity index (χ4v) is 2.57. The third-order valence-corrected chi connectivity index (χ3v) is 3.67. The number of nitro benzene ring substituents is 1. The van der Waals surface area contributed by atoms with Gasteiger partial charge in [-0.05, 0) is 24.3 Å². The van der Waals surface area contributed by atoms with Crippen LogP contribution in [-0.2, 0) is 6.54 Å². The minimum Gasteiger partial charge on any atom is -0.326 e. The summed E-state index contributed by atoms with van der Waals surface area (Å²) in [5.74, 6) is -0.339. The Labute approximate surface area is 113 Å². The van der Waals surface area contributed by atoms with E-state index in [0.29, 0.717) is 5.56 Å². The van der Waals surface area contributed by atoms with E-state index in [1.807, 2.05) is 0 Å². The van der Waals surface area contributed by atoms with E-state index in [2.05, 4.69) is 0 Å². The first-order valence-electron chi connectivity index (χ1n) is 5.51. The number of rotatable bonds is 4. The minimum absolute atomic E-state index is 0.0302. The van der Waals surface area contributed by atoms with Crippen molar-refractivity contribution in [1.29, 1.82) is 0 Å². The number of hydrogen-bond acceptors (Lipinski definition) is 4. The van der Waals surface area contributed by atoms with Gasteiger partial charge in [0.15, 0.2) is 0 Å². The summed E-state index contributed by atoms with van der Waals surface area (Å²) in [6.45, 7) is 0.113. The van der Waals surface area contributed by atoms with Gasteiger partial charge in [0.05, 0.1) is 4.92 Å². The molecule has 0 fully saturated rings. The third kappa shape index (κ3) is 3.10. The van der Waals surface area contributed by atoms with Crippen LogP contribution in [0.4, 0.5) is 10.1 Å². The molecule has 2 aromatic rings. The van der Waals surface area contributed by atoms with Crippen molar-refractivity contribution in [2.75, 3.05) is 0 Å². The molecule has 98 valence electrons. The monoisotopic (exact) mass is 278 g/mol. The van der Waals surface area contributed by atoms with Crippen LogP contribution < -0.4 is 5.73 Å². The van der Waals surface area contributed by atoms with Crippen molar-refractivity contribution in [2.45, 2.75) is 16.3 Å². The van der Waals surface area contributed by atoms with Gasteiger partial charge in [0, 0.05) is 34.0 Å². The molecule has 0 radical (unpaired) electrons. The molecular formula is C13H11FN2O2S. The predicted octanol–water partition coefficient (Wildman–Crippen LogP) is 3.34. The van der Waals surface area contributed by atoms with E-state index < -0.39 is 4.92 Å². The van der Waals surface area contributed by atoms with Gasteiger partial charge in [-0.25, -0.2) is 4.39 Å². The maximum atomic E-state index is 13.5. The molecule has 0 aliphatic rings. The maximum Gasteiger partial charge on any atom is 0.269 e. The van der Waals surface area contributed by atoms with E-state index in [1.165, 1.54) is 30.0 Å². The van der Waals surface area contributed by atoms with Gasteiger partial charge in [-0.3, -0.25) is 10.1 Å². The SMILES string of the molecule is NCc1c(F)cccc1Sc1ccc([N+](=O)[O-])cc1. The molecule has 2 aromatic carbocycles. The molecule has 4 nitrogen and oxygen atoms in total. The van der Waals surface area contributed by atoms with Crippen LogP contribution in [0.3, 0.4) is 0 Å². The smallest absolute Gasteiger partial charge is 0.269 e. The van der Waals surface area contributed by atoms with Crippen molar-refractivity contribution in [1.82, 2.24) is 0 Å². The molecule has 0 amide bonds. The first-order valence-corrected chi connectivity index (χ1v) is 6.33. The second-order valence-corrected chi connectivity index (χ2v) is 4.89. The van der Waals surface area contributed by atoms with Crippen molar-refractivity contribution < 1.29 is 9.31 Å². The average Bonchev–Trinajstić information content (AvgIpc) is 2.39. The summed E-state index contributed by atoms with van der Waals surface area (Å²) in [6.07, 6.45) is 0. The number of nitro groups is 1. The lowest BCUT2D eigenvalue weighted by atomic mass is 10.2. The third-order valence-electron chi connectivity index (χ3n) is 2.56. The Hall–Kier alpha value is -1.92. The fraction of sp³-hybridized carbons (Fsp3) is 0.0769. The summed E-state index contributed by atoms with van der Waals surface area (Å²) < 4.78 is 13.5. The van der Waals surface area contributed by atoms with Gasteiger partial charge in [0.1, 0.15) is 5.82 Å². The summed E-state index contributed by atoms with van der Waals surface area (Å²) in [5, 5.41) is 10.5. The van der Waals surface area contributed by atoms with Crippen LogP contribution in [0.1, 0.15) is 5.56 Å². The lowest BCUT2D eigenvalue weighted by Gasteiger charge is -2.08. The highest BCUT2D eigenvalue weighted by Gasteiger charge is 2.09. The molecule has 6 heteroatoms. The molecule has 0 bridgehead atoms. The molecule has 0 unspecified atom stereocenters. The zero-order valence-corrected chi connectivity index (χ0v) is 10.7. The second-order valence-electron chi connectivity index (χ2n) is 3.77. The Morgan fingerprint density at radius 3 is 2.47 bits per heavy atom. The summed E-state index contributed by atoms with van der Waals surface area (Å²) in [7, 11) is 0. The number of nitrogens with zero attached hydrogens (tertiary/aromatic N) is 1. The van der Waals surface area contributed by atoms with E-state index in [-0.39, 0.29) is 18.0 Å². The Morgan fingerprint density at radius 2 is 1.89 bits per heavy atom. The van der Waals surface area contributed by atoms with E-state index in [4.69, 9.17) is 5.73 Å². The lowest BCUT2D eigenvalue weighted by Crippen LogP contribution is -2.01. The number of benzene rings is 2. The number of nitrogens with two attached hydrogens (primary N) is 1. The number of halogens is 1. The van der Waals surface area contributed by atoms with E-state index >= 15 is 0 Å². The van der Waals surface area contributed by atoms with Crippen LogP contribution in [0.15, 0.2) is 52.3 Å².